The Hall–Kier alpha value is -3.21. The second kappa shape index (κ2) is 7.17. The molecule has 0 heterocycles. The molecule has 5 heteroatoms. The van der Waals surface area contributed by atoms with Crippen molar-refractivity contribution in [1.82, 2.24) is 0 Å². The first-order chi connectivity index (χ1) is 11.0. The maximum Gasteiger partial charge on any atom is 0.337 e. The van der Waals surface area contributed by atoms with Crippen molar-refractivity contribution in [2.45, 2.75) is 0 Å². The molecule has 2 aromatic carbocycles. The predicted octanol–water partition coefficient (Wildman–Crippen LogP) is 2.95. The number of esters is 1. The van der Waals surface area contributed by atoms with Crippen molar-refractivity contribution in [2.24, 2.45) is 0 Å². The van der Waals surface area contributed by atoms with Crippen molar-refractivity contribution < 1.29 is 14.3 Å². The van der Waals surface area contributed by atoms with E-state index in [1.165, 1.54) is 13.2 Å². The quantitative estimate of drug-likeness (QED) is 0.384. The molecular formula is C18H16N2O3. The number of hydrogen-bond acceptors (Lipinski definition) is 5. The number of nitrogens with two attached hydrogens (primary N) is 1. The van der Waals surface area contributed by atoms with E-state index in [4.69, 9.17) is 11.1 Å². The van der Waals surface area contributed by atoms with E-state index in [1.54, 1.807) is 48.6 Å². The van der Waals surface area contributed by atoms with E-state index < -0.39 is 5.97 Å². The monoisotopic (exact) mass is 308 g/mol. The highest BCUT2D eigenvalue weighted by Crippen LogP contribution is 2.15. The van der Waals surface area contributed by atoms with Gasteiger partial charge in [-0.05, 0) is 29.8 Å². The molecule has 0 saturated carbocycles. The molecule has 0 atom stereocenters. The first kappa shape index (κ1) is 16.2. The summed E-state index contributed by atoms with van der Waals surface area (Å²) in [6.45, 7) is 0. The summed E-state index contributed by atoms with van der Waals surface area (Å²) in [6, 6.07) is 11.6. The van der Waals surface area contributed by atoms with Gasteiger partial charge in [-0.3, -0.25) is 4.79 Å². The van der Waals surface area contributed by atoms with Gasteiger partial charge in [-0.1, -0.05) is 30.3 Å². The number of benzene rings is 2. The Bertz CT molecular complexity index is 777. The van der Waals surface area contributed by atoms with Crippen molar-refractivity contribution in [1.29, 1.82) is 5.41 Å². The third-order valence-corrected chi connectivity index (χ3v) is 3.28. The summed E-state index contributed by atoms with van der Waals surface area (Å²) >= 11 is 0. The van der Waals surface area contributed by atoms with E-state index in [0.717, 1.165) is 5.56 Å². The lowest BCUT2D eigenvalue weighted by Crippen LogP contribution is -2.02. The second-order valence-corrected chi connectivity index (χ2v) is 4.83. The lowest BCUT2D eigenvalue weighted by molar-refractivity contribution is 0.0600. The topological polar surface area (TPSA) is 93.2 Å². The number of allylic oxidation sites excluding steroid dienone is 1. The number of aldehydes is 1. The van der Waals surface area contributed by atoms with Gasteiger partial charge in [-0.15, -0.1) is 0 Å². The molecule has 23 heavy (non-hydrogen) atoms. The van der Waals surface area contributed by atoms with Crippen molar-refractivity contribution >= 4 is 29.7 Å². The minimum atomic E-state index is -0.392. The maximum atomic E-state index is 11.4. The largest absolute Gasteiger partial charge is 0.465 e. The molecule has 0 amide bonds. The van der Waals surface area contributed by atoms with Gasteiger partial charge < -0.3 is 15.9 Å². The smallest absolute Gasteiger partial charge is 0.337 e. The van der Waals surface area contributed by atoms with Crippen LogP contribution in [0.5, 0.6) is 0 Å². The van der Waals surface area contributed by atoms with Crippen LogP contribution in [0.3, 0.4) is 0 Å². The highest BCUT2D eigenvalue weighted by molar-refractivity contribution is 6.12. The van der Waals surface area contributed by atoms with Crippen molar-refractivity contribution in [2.75, 3.05) is 12.8 Å². The fourth-order valence-electron chi connectivity index (χ4n) is 2.02. The molecule has 0 aliphatic rings. The van der Waals surface area contributed by atoms with E-state index in [9.17, 15) is 9.59 Å². The Morgan fingerprint density at radius 3 is 2.35 bits per heavy atom. The highest BCUT2D eigenvalue weighted by atomic mass is 16.5. The molecule has 0 aliphatic carbocycles. The standard InChI is InChI=1S/C18H16N2O3/c1-23-18(22)14-6-2-12(3-7-14)5-9-16(19)15-8-4-13(11-21)10-17(15)20/h2-11,19H,20H2,1H3/b9-5+,19-16?. The van der Waals surface area contributed by atoms with Gasteiger partial charge in [0, 0.05) is 16.8 Å². The average molecular weight is 308 g/mol. The summed E-state index contributed by atoms with van der Waals surface area (Å²) < 4.78 is 4.63. The minimum Gasteiger partial charge on any atom is -0.465 e. The van der Waals surface area contributed by atoms with Crippen LogP contribution < -0.4 is 5.73 Å². The molecule has 0 aromatic heterocycles. The number of methoxy groups -OCH3 is 1. The second-order valence-electron chi connectivity index (χ2n) is 4.83. The normalized spacial score (nSPS) is 10.5. The number of carbonyl (C=O) groups is 2. The molecule has 0 aliphatic heterocycles. The zero-order valence-electron chi connectivity index (χ0n) is 12.6. The fraction of sp³-hybridized carbons (Fsp3) is 0.0556. The van der Waals surface area contributed by atoms with Crippen molar-refractivity contribution in [3.8, 4) is 0 Å². The number of rotatable bonds is 5. The average Bonchev–Trinajstić information content (AvgIpc) is 2.59. The van der Waals surface area contributed by atoms with E-state index in [0.29, 0.717) is 28.7 Å². The van der Waals surface area contributed by atoms with E-state index in [-0.39, 0.29) is 5.71 Å². The summed E-state index contributed by atoms with van der Waals surface area (Å²) in [5, 5.41) is 8.06. The summed E-state index contributed by atoms with van der Waals surface area (Å²) in [4.78, 5) is 22.0. The molecular weight excluding hydrogens is 292 g/mol. The molecule has 0 spiro atoms. The minimum absolute atomic E-state index is 0.233. The summed E-state index contributed by atoms with van der Waals surface area (Å²) in [7, 11) is 1.33. The summed E-state index contributed by atoms with van der Waals surface area (Å²) in [5.41, 5.74) is 8.80. The zero-order valence-corrected chi connectivity index (χ0v) is 12.6. The number of anilines is 1. The number of ether oxygens (including phenoxy) is 1. The summed E-state index contributed by atoms with van der Waals surface area (Å²) in [6.07, 6.45) is 4.07. The molecule has 3 N–H and O–H groups in total. The van der Waals surface area contributed by atoms with Gasteiger partial charge in [0.25, 0.3) is 0 Å². The maximum absolute atomic E-state index is 11.4. The first-order valence-corrected chi connectivity index (χ1v) is 6.85. The Balaban J connectivity index is 2.15. The van der Waals surface area contributed by atoms with Crippen LogP contribution in [0.4, 0.5) is 5.69 Å². The zero-order chi connectivity index (χ0) is 16.8. The molecule has 2 rings (SSSR count). The van der Waals surface area contributed by atoms with Crippen LogP contribution in [0.15, 0.2) is 48.5 Å². The molecule has 0 bridgehead atoms. The Morgan fingerprint density at radius 1 is 1.13 bits per heavy atom. The van der Waals surface area contributed by atoms with Crippen LogP contribution >= 0.6 is 0 Å². The molecule has 0 unspecified atom stereocenters. The number of hydrogen-bond donors (Lipinski definition) is 2. The Labute approximate surface area is 133 Å². The van der Waals surface area contributed by atoms with Gasteiger partial charge in [-0.2, -0.15) is 0 Å². The number of nitrogen functional groups attached to an aromatic ring is 1. The molecule has 5 nitrogen and oxygen atoms in total. The van der Waals surface area contributed by atoms with Crippen LogP contribution in [0, 0.1) is 5.41 Å². The molecule has 2 aromatic rings. The van der Waals surface area contributed by atoms with Gasteiger partial charge in [0.05, 0.1) is 18.4 Å². The van der Waals surface area contributed by atoms with Gasteiger partial charge in [-0.25, -0.2) is 4.79 Å². The lowest BCUT2D eigenvalue weighted by atomic mass is 10.0. The van der Waals surface area contributed by atoms with E-state index in [2.05, 4.69) is 4.74 Å². The Kier molecular flexibility index (Phi) is 5.04. The Morgan fingerprint density at radius 2 is 1.78 bits per heavy atom. The lowest BCUT2D eigenvalue weighted by Gasteiger charge is -2.04. The van der Waals surface area contributed by atoms with E-state index >= 15 is 0 Å². The van der Waals surface area contributed by atoms with Crippen LogP contribution in [0.2, 0.25) is 0 Å². The van der Waals surface area contributed by atoms with Gasteiger partial charge >= 0.3 is 5.97 Å². The van der Waals surface area contributed by atoms with Crippen LogP contribution in [0.25, 0.3) is 6.08 Å². The summed E-state index contributed by atoms with van der Waals surface area (Å²) in [5.74, 6) is -0.392. The molecule has 0 saturated heterocycles. The SMILES string of the molecule is COC(=O)c1ccc(/C=C/C(=N)c2ccc(C=O)cc2N)cc1. The highest BCUT2D eigenvalue weighted by Gasteiger charge is 2.05. The molecule has 0 radical (unpaired) electrons. The number of carbonyl (C=O) groups excluding carboxylic acids is 2. The first-order valence-electron chi connectivity index (χ1n) is 6.85. The predicted molar refractivity (Wildman–Crippen MR) is 89.9 cm³/mol. The number of nitrogens with one attached hydrogen (secondary N) is 1. The van der Waals surface area contributed by atoms with Gasteiger partial charge in [0.2, 0.25) is 0 Å². The van der Waals surface area contributed by atoms with Crippen LogP contribution in [-0.4, -0.2) is 25.1 Å². The molecule has 0 fully saturated rings. The third-order valence-electron chi connectivity index (χ3n) is 3.28. The van der Waals surface area contributed by atoms with Gasteiger partial charge in [0.15, 0.2) is 0 Å². The molecule has 116 valence electrons. The fourth-order valence-corrected chi connectivity index (χ4v) is 2.02. The third kappa shape index (κ3) is 3.91. The van der Waals surface area contributed by atoms with Gasteiger partial charge in [0.1, 0.15) is 6.29 Å². The van der Waals surface area contributed by atoms with Crippen LogP contribution in [-0.2, 0) is 4.74 Å². The van der Waals surface area contributed by atoms with E-state index in [1.807, 2.05) is 0 Å². The van der Waals surface area contributed by atoms with Crippen LogP contribution in [0.1, 0.15) is 31.8 Å². The van der Waals surface area contributed by atoms with Crippen molar-refractivity contribution in [3.05, 3.63) is 70.8 Å². The van der Waals surface area contributed by atoms with Crippen molar-refractivity contribution in [3.63, 3.8) is 0 Å².